The molecule has 142 valence electrons. The molecule has 6 nitrogen and oxygen atoms in total. The Labute approximate surface area is 142 Å². The van der Waals surface area contributed by atoms with Crippen LogP contribution < -0.4 is 10.6 Å². The molecular formula is C14H11F6N3O3. The molecule has 0 aromatic heterocycles. The van der Waals surface area contributed by atoms with Crippen LogP contribution in [0.5, 0.6) is 0 Å². The highest BCUT2D eigenvalue weighted by Crippen LogP contribution is 2.33. The number of alkyl halides is 6. The lowest BCUT2D eigenvalue weighted by molar-refractivity contribution is -0.174. The summed E-state index contributed by atoms with van der Waals surface area (Å²) in [6, 6.07) is 3.47. The van der Waals surface area contributed by atoms with Crippen LogP contribution >= 0.6 is 0 Å². The van der Waals surface area contributed by atoms with Crippen LogP contribution in [0.4, 0.5) is 32.0 Å². The quantitative estimate of drug-likeness (QED) is 0.692. The zero-order valence-electron chi connectivity index (χ0n) is 12.9. The Balaban J connectivity index is 2.93. The molecule has 0 bridgehead atoms. The van der Waals surface area contributed by atoms with Crippen molar-refractivity contribution in [2.24, 2.45) is 0 Å². The Morgan fingerprint density at radius 1 is 1.15 bits per heavy atom. The van der Waals surface area contributed by atoms with E-state index in [-0.39, 0.29) is 0 Å². The molecule has 3 N–H and O–H groups in total. The molecule has 0 saturated heterocycles. The summed E-state index contributed by atoms with van der Waals surface area (Å²) in [5.41, 5.74) is -5.06. The lowest BCUT2D eigenvalue weighted by Gasteiger charge is -2.23. The van der Waals surface area contributed by atoms with Gasteiger partial charge in [0.1, 0.15) is 0 Å². The van der Waals surface area contributed by atoms with Gasteiger partial charge in [-0.3, -0.25) is 9.59 Å². The number of aliphatic hydroxyl groups is 1. The molecule has 0 aliphatic rings. The molecule has 0 heterocycles. The van der Waals surface area contributed by atoms with Crippen LogP contribution in [0.1, 0.15) is 18.1 Å². The van der Waals surface area contributed by atoms with Crippen molar-refractivity contribution >= 4 is 17.5 Å². The first kappa shape index (κ1) is 21.2. The van der Waals surface area contributed by atoms with Gasteiger partial charge in [-0.1, -0.05) is 0 Å². The van der Waals surface area contributed by atoms with Gasteiger partial charge in [-0.15, -0.1) is 0 Å². The molecule has 0 aliphatic heterocycles. The summed E-state index contributed by atoms with van der Waals surface area (Å²) < 4.78 is 74.7. The first-order valence-corrected chi connectivity index (χ1v) is 6.68. The fraction of sp³-hybridized carbons (Fsp3) is 0.357. The zero-order valence-corrected chi connectivity index (χ0v) is 12.9. The fourth-order valence-corrected chi connectivity index (χ4v) is 1.65. The molecule has 1 aromatic rings. The minimum atomic E-state index is -5.23. The van der Waals surface area contributed by atoms with E-state index in [0.717, 1.165) is 19.1 Å². The molecule has 0 aliphatic carbocycles. The number of halogens is 6. The Morgan fingerprint density at radius 3 is 2.19 bits per heavy atom. The lowest BCUT2D eigenvalue weighted by Crippen LogP contribution is -2.51. The molecular weight excluding hydrogens is 372 g/mol. The van der Waals surface area contributed by atoms with Gasteiger partial charge in [0.25, 0.3) is 5.91 Å². The van der Waals surface area contributed by atoms with Gasteiger partial charge in [-0.25, -0.2) is 0 Å². The van der Waals surface area contributed by atoms with E-state index in [9.17, 15) is 41.0 Å². The van der Waals surface area contributed by atoms with Crippen molar-refractivity contribution in [2.75, 3.05) is 11.9 Å². The molecule has 1 rings (SSSR count). The average Bonchev–Trinajstić information content (AvgIpc) is 2.50. The van der Waals surface area contributed by atoms with E-state index in [1.165, 1.54) is 11.4 Å². The second-order valence-electron chi connectivity index (χ2n) is 5.28. The Hall–Kier alpha value is -2.81. The summed E-state index contributed by atoms with van der Waals surface area (Å²) in [6.45, 7) is -0.382. The van der Waals surface area contributed by atoms with E-state index in [1.807, 2.05) is 5.32 Å². The van der Waals surface area contributed by atoms with Gasteiger partial charge in [0.2, 0.25) is 0 Å². The average molecular weight is 383 g/mol. The fourth-order valence-electron chi connectivity index (χ4n) is 1.65. The van der Waals surface area contributed by atoms with Crippen LogP contribution in [-0.4, -0.2) is 35.2 Å². The molecule has 0 spiro atoms. The Bertz CT molecular complexity index is 750. The van der Waals surface area contributed by atoms with E-state index >= 15 is 0 Å². The van der Waals surface area contributed by atoms with Gasteiger partial charge in [0.15, 0.2) is 5.60 Å². The van der Waals surface area contributed by atoms with Gasteiger partial charge in [-0.05, 0) is 25.1 Å². The van der Waals surface area contributed by atoms with Crippen molar-refractivity contribution in [3.05, 3.63) is 29.3 Å². The number of rotatable bonds is 4. The van der Waals surface area contributed by atoms with Gasteiger partial charge in [-0.2, -0.15) is 31.6 Å². The molecule has 0 fully saturated rings. The predicted molar refractivity (Wildman–Crippen MR) is 74.5 cm³/mol. The highest BCUT2D eigenvalue weighted by Gasteiger charge is 2.41. The minimum Gasteiger partial charge on any atom is -0.378 e. The third kappa shape index (κ3) is 5.35. The van der Waals surface area contributed by atoms with Gasteiger partial charge in [0.05, 0.1) is 23.7 Å². The minimum absolute atomic E-state index is 0.431. The Kier molecular flexibility index (Phi) is 5.88. The Morgan fingerprint density at radius 2 is 1.73 bits per heavy atom. The molecule has 26 heavy (non-hydrogen) atoms. The topological polar surface area (TPSA) is 102 Å². The summed E-state index contributed by atoms with van der Waals surface area (Å²) >= 11 is 0. The highest BCUT2D eigenvalue weighted by atomic mass is 19.4. The summed E-state index contributed by atoms with van der Waals surface area (Å²) in [4.78, 5) is 22.6. The van der Waals surface area contributed by atoms with Crippen LogP contribution in [0.25, 0.3) is 0 Å². The number of nitrogens with zero attached hydrogens (tertiary/aromatic N) is 1. The number of nitrogens with one attached hydrogen (secondary N) is 2. The van der Waals surface area contributed by atoms with Crippen molar-refractivity contribution < 1.29 is 41.0 Å². The molecule has 1 unspecified atom stereocenters. The van der Waals surface area contributed by atoms with E-state index < -0.39 is 53.1 Å². The van der Waals surface area contributed by atoms with Crippen LogP contribution in [0.3, 0.4) is 0 Å². The summed E-state index contributed by atoms with van der Waals surface area (Å²) in [5.74, 6) is -3.76. The maximum Gasteiger partial charge on any atom is 0.471 e. The first-order valence-electron chi connectivity index (χ1n) is 6.68. The van der Waals surface area contributed by atoms with Crippen LogP contribution in [-0.2, 0) is 15.8 Å². The second-order valence-corrected chi connectivity index (χ2v) is 5.28. The highest BCUT2D eigenvalue weighted by molar-refractivity contribution is 5.97. The van der Waals surface area contributed by atoms with Crippen molar-refractivity contribution in [2.45, 2.75) is 24.9 Å². The normalized spacial score (nSPS) is 14.1. The number of amides is 2. The van der Waals surface area contributed by atoms with E-state index in [0.29, 0.717) is 6.07 Å². The second kappa shape index (κ2) is 7.20. The van der Waals surface area contributed by atoms with Gasteiger partial charge >= 0.3 is 18.3 Å². The molecule has 1 aromatic carbocycles. The molecule has 12 heteroatoms. The third-order valence-electron chi connectivity index (χ3n) is 3.04. The van der Waals surface area contributed by atoms with Gasteiger partial charge < -0.3 is 15.7 Å². The van der Waals surface area contributed by atoms with E-state index in [1.54, 1.807) is 0 Å². The SMILES string of the molecule is CC(O)(CNC(=O)C(F)(F)F)C(=O)Nc1ccc(C#N)c(C(F)(F)F)c1. The largest absolute Gasteiger partial charge is 0.471 e. The smallest absolute Gasteiger partial charge is 0.378 e. The number of carbonyl (C=O) groups excluding carboxylic acids is 2. The standard InChI is InChI=1S/C14H11F6N3O3/c1-12(26,6-22-11(25)14(18,19)20)10(24)23-8-3-2-7(5-21)9(4-8)13(15,16)17/h2-4,26H,6H2,1H3,(H,22,25)(H,23,24). The van der Waals surface area contributed by atoms with Crippen molar-refractivity contribution in [1.82, 2.24) is 5.32 Å². The first-order chi connectivity index (χ1) is 11.7. The van der Waals surface area contributed by atoms with Crippen molar-refractivity contribution in [3.8, 4) is 6.07 Å². The van der Waals surface area contributed by atoms with E-state index in [4.69, 9.17) is 5.26 Å². The number of carbonyl (C=O) groups is 2. The number of hydrogen-bond donors (Lipinski definition) is 3. The number of anilines is 1. The summed E-state index contributed by atoms with van der Waals surface area (Å²) in [5, 5.41) is 21.6. The predicted octanol–water partition coefficient (Wildman–Crippen LogP) is 1.95. The summed E-state index contributed by atoms with van der Waals surface area (Å²) in [7, 11) is 0. The number of nitriles is 1. The molecule has 0 saturated carbocycles. The van der Waals surface area contributed by atoms with Gasteiger partial charge in [0, 0.05) is 5.69 Å². The molecule has 1 atom stereocenters. The number of hydrogen-bond acceptors (Lipinski definition) is 4. The molecule has 0 radical (unpaired) electrons. The van der Waals surface area contributed by atoms with Crippen LogP contribution in [0.2, 0.25) is 0 Å². The van der Waals surface area contributed by atoms with Crippen LogP contribution in [0, 0.1) is 11.3 Å². The molecule has 2 amide bonds. The monoisotopic (exact) mass is 383 g/mol. The number of benzene rings is 1. The van der Waals surface area contributed by atoms with Crippen molar-refractivity contribution in [1.29, 1.82) is 5.26 Å². The zero-order chi connectivity index (χ0) is 20.3. The van der Waals surface area contributed by atoms with E-state index in [2.05, 4.69) is 0 Å². The maximum absolute atomic E-state index is 12.8. The lowest BCUT2D eigenvalue weighted by atomic mass is 10.0. The van der Waals surface area contributed by atoms with Crippen LogP contribution in [0.15, 0.2) is 18.2 Å². The maximum atomic E-state index is 12.8. The third-order valence-corrected chi connectivity index (χ3v) is 3.04. The summed E-state index contributed by atoms with van der Waals surface area (Å²) in [6.07, 6.45) is -10.1. The van der Waals surface area contributed by atoms with Crippen molar-refractivity contribution in [3.63, 3.8) is 0 Å².